The van der Waals surface area contributed by atoms with Crippen LogP contribution in [-0.4, -0.2) is 28.3 Å². The van der Waals surface area contributed by atoms with Crippen LogP contribution in [0.4, 0.5) is 0 Å². The van der Waals surface area contributed by atoms with Crippen molar-refractivity contribution in [1.29, 1.82) is 0 Å². The van der Waals surface area contributed by atoms with Crippen molar-refractivity contribution in [2.24, 2.45) is 0 Å². The van der Waals surface area contributed by atoms with E-state index in [1.54, 1.807) is 6.20 Å². The molecule has 0 amide bonds. The molecule has 0 aliphatic carbocycles. The van der Waals surface area contributed by atoms with E-state index >= 15 is 0 Å². The minimum absolute atomic E-state index is 0.315. The van der Waals surface area contributed by atoms with Crippen LogP contribution in [0.15, 0.2) is 36.6 Å². The van der Waals surface area contributed by atoms with Gasteiger partial charge in [0, 0.05) is 17.8 Å². The topological polar surface area (TPSA) is 44.2 Å². The molecule has 21 heavy (non-hydrogen) atoms. The molecule has 0 saturated carbocycles. The molecule has 0 atom stereocenters. The van der Waals surface area contributed by atoms with Gasteiger partial charge in [-0.05, 0) is 52.0 Å². The van der Waals surface area contributed by atoms with E-state index in [0.29, 0.717) is 0 Å². The smallest absolute Gasteiger partial charge is 0.400 e. The van der Waals surface area contributed by atoms with E-state index in [2.05, 4.69) is 9.97 Å². The van der Waals surface area contributed by atoms with Gasteiger partial charge in [0.05, 0.1) is 22.4 Å². The molecule has 108 valence electrons. The molecule has 1 aliphatic rings. The molecule has 1 saturated heterocycles. The summed E-state index contributed by atoms with van der Waals surface area (Å²) in [6.45, 7) is 8.18. The van der Waals surface area contributed by atoms with Crippen LogP contribution in [0.3, 0.4) is 0 Å². The van der Waals surface area contributed by atoms with Gasteiger partial charge in [0.1, 0.15) is 0 Å². The van der Waals surface area contributed by atoms with Crippen molar-refractivity contribution in [3.63, 3.8) is 0 Å². The van der Waals surface area contributed by atoms with Gasteiger partial charge in [-0.25, -0.2) is 4.98 Å². The SMILES string of the molecule is CC1(C)OB(/C=C/c2ccc3cnccc3n2)OC1(C)C. The van der Waals surface area contributed by atoms with Crippen molar-refractivity contribution in [3.8, 4) is 0 Å². The number of fused-ring (bicyclic) bond motifs is 1. The molecule has 0 spiro atoms. The van der Waals surface area contributed by atoms with Crippen molar-refractivity contribution in [2.75, 3.05) is 0 Å². The lowest BCUT2D eigenvalue weighted by molar-refractivity contribution is 0.00578. The first-order valence-corrected chi connectivity index (χ1v) is 7.12. The fourth-order valence-corrected chi connectivity index (χ4v) is 2.22. The molecule has 0 bridgehead atoms. The van der Waals surface area contributed by atoms with E-state index in [4.69, 9.17) is 9.31 Å². The van der Waals surface area contributed by atoms with Gasteiger partial charge in [-0.1, -0.05) is 5.98 Å². The van der Waals surface area contributed by atoms with Gasteiger partial charge in [0.15, 0.2) is 0 Å². The van der Waals surface area contributed by atoms with E-state index in [1.165, 1.54) is 0 Å². The second kappa shape index (κ2) is 4.93. The number of nitrogens with zero attached hydrogens (tertiary/aromatic N) is 2. The van der Waals surface area contributed by atoms with Crippen molar-refractivity contribution in [2.45, 2.75) is 38.9 Å². The minimum atomic E-state index is -0.343. The van der Waals surface area contributed by atoms with Gasteiger partial charge in [-0.3, -0.25) is 4.98 Å². The molecule has 3 heterocycles. The van der Waals surface area contributed by atoms with E-state index in [1.807, 2.05) is 64.1 Å². The molecule has 0 unspecified atom stereocenters. The van der Waals surface area contributed by atoms with Gasteiger partial charge in [-0.15, -0.1) is 0 Å². The Morgan fingerprint density at radius 1 is 1.05 bits per heavy atom. The number of hydrogen-bond acceptors (Lipinski definition) is 4. The predicted octanol–water partition coefficient (Wildman–Crippen LogP) is 3.27. The van der Waals surface area contributed by atoms with Crippen LogP contribution in [0, 0.1) is 0 Å². The zero-order valence-corrected chi connectivity index (χ0v) is 12.8. The summed E-state index contributed by atoms with van der Waals surface area (Å²) < 4.78 is 11.9. The van der Waals surface area contributed by atoms with Crippen molar-refractivity contribution in [1.82, 2.24) is 9.97 Å². The fourth-order valence-electron chi connectivity index (χ4n) is 2.22. The maximum Gasteiger partial charge on any atom is 0.487 e. The number of pyridine rings is 2. The van der Waals surface area contributed by atoms with Gasteiger partial charge >= 0.3 is 7.12 Å². The van der Waals surface area contributed by atoms with Crippen LogP contribution in [0.2, 0.25) is 0 Å². The standard InChI is InChI=1S/C16H19BN2O2/c1-15(2)16(3,4)21-17(20-15)9-7-13-6-5-12-11-18-10-8-14(12)19-13/h5-11H,1-4H3/b9-7+. The highest BCUT2D eigenvalue weighted by molar-refractivity contribution is 6.52. The first-order valence-electron chi connectivity index (χ1n) is 7.12. The quantitative estimate of drug-likeness (QED) is 0.793. The third-order valence-corrected chi connectivity index (χ3v) is 4.21. The third kappa shape index (κ3) is 2.71. The van der Waals surface area contributed by atoms with Crippen LogP contribution >= 0.6 is 0 Å². The molecule has 1 fully saturated rings. The second-order valence-electron chi connectivity index (χ2n) is 6.29. The number of hydrogen-bond donors (Lipinski definition) is 0. The maximum atomic E-state index is 5.93. The van der Waals surface area contributed by atoms with Crippen molar-refractivity contribution < 1.29 is 9.31 Å². The highest BCUT2D eigenvalue weighted by atomic mass is 16.7. The molecule has 0 radical (unpaired) electrons. The molecule has 0 N–H and O–H groups in total. The zero-order chi connectivity index (χ0) is 15.1. The average molecular weight is 282 g/mol. The summed E-state index contributed by atoms with van der Waals surface area (Å²) in [5.41, 5.74) is 1.18. The number of rotatable bonds is 2. The Bertz CT molecular complexity index is 681. The Kier molecular flexibility index (Phi) is 3.34. The van der Waals surface area contributed by atoms with Crippen LogP contribution in [0.25, 0.3) is 17.0 Å². The van der Waals surface area contributed by atoms with Crippen LogP contribution < -0.4 is 0 Å². The third-order valence-electron chi connectivity index (χ3n) is 4.21. The number of aromatic nitrogens is 2. The lowest BCUT2D eigenvalue weighted by Crippen LogP contribution is -2.41. The average Bonchev–Trinajstić information content (AvgIpc) is 2.64. The van der Waals surface area contributed by atoms with Crippen molar-refractivity contribution >= 4 is 24.1 Å². The lowest BCUT2D eigenvalue weighted by Gasteiger charge is -2.32. The van der Waals surface area contributed by atoms with E-state index in [9.17, 15) is 0 Å². The van der Waals surface area contributed by atoms with E-state index in [0.717, 1.165) is 16.6 Å². The Morgan fingerprint density at radius 3 is 2.48 bits per heavy atom. The Labute approximate surface area is 125 Å². The normalized spacial score (nSPS) is 20.5. The summed E-state index contributed by atoms with van der Waals surface area (Å²) in [7, 11) is -0.343. The van der Waals surface area contributed by atoms with Crippen LogP contribution in [-0.2, 0) is 9.31 Å². The predicted molar refractivity (Wildman–Crippen MR) is 84.7 cm³/mol. The molecule has 5 heteroatoms. The second-order valence-corrected chi connectivity index (χ2v) is 6.29. The zero-order valence-electron chi connectivity index (χ0n) is 12.8. The van der Waals surface area contributed by atoms with Gasteiger partial charge in [-0.2, -0.15) is 0 Å². The summed E-state index contributed by atoms with van der Waals surface area (Å²) in [5, 5.41) is 1.03. The maximum absolute atomic E-state index is 5.93. The fraction of sp³-hybridized carbons (Fsp3) is 0.375. The van der Waals surface area contributed by atoms with Crippen LogP contribution in [0.1, 0.15) is 33.4 Å². The summed E-state index contributed by atoms with van der Waals surface area (Å²) in [6, 6.07) is 5.88. The summed E-state index contributed by atoms with van der Waals surface area (Å²) in [4.78, 5) is 8.66. The molecule has 4 nitrogen and oxygen atoms in total. The van der Waals surface area contributed by atoms with Crippen LogP contribution in [0.5, 0.6) is 0 Å². The molecule has 3 rings (SSSR count). The summed E-state index contributed by atoms with van der Waals surface area (Å²) in [6.07, 6.45) is 5.49. The highest BCUT2D eigenvalue weighted by Gasteiger charge is 2.49. The van der Waals surface area contributed by atoms with Crippen molar-refractivity contribution in [3.05, 3.63) is 42.3 Å². The summed E-state index contributed by atoms with van der Waals surface area (Å²) in [5.74, 6) is 1.91. The highest BCUT2D eigenvalue weighted by Crippen LogP contribution is 2.36. The lowest BCUT2D eigenvalue weighted by atomic mass is 9.89. The Hall–Kier alpha value is -1.72. The molecule has 0 aromatic carbocycles. The Morgan fingerprint density at radius 2 is 1.76 bits per heavy atom. The molecular weight excluding hydrogens is 263 g/mol. The Balaban J connectivity index is 1.79. The first-order chi connectivity index (χ1) is 9.87. The molecule has 2 aromatic rings. The molecular formula is C16H19BN2O2. The molecule has 1 aliphatic heterocycles. The molecule has 2 aromatic heterocycles. The minimum Gasteiger partial charge on any atom is -0.400 e. The van der Waals surface area contributed by atoms with Gasteiger partial charge in [0.25, 0.3) is 0 Å². The largest absolute Gasteiger partial charge is 0.487 e. The summed E-state index contributed by atoms with van der Waals surface area (Å²) >= 11 is 0. The van der Waals surface area contributed by atoms with Gasteiger partial charge in [0.2, 0.25) is 0 Å². The monoisotopic (exact) mass is 282 g/mol. The first kappa shape index (κ1) is 14.2. The van der Waals surface area contributed by atoms with E-state index < -0.39 is 0 Å². The van der Waals surface area contributed by atoms with Gasteiger partial charge < -0.3 is 9.31 Å². The van der Waals surface area contributed by atoms with E-state index in [-0.39, 0.29) is 18.3 Å².